The predicted octanol–water partition coefficient (Wildman–Crippen LogP) is 4.84. The first kappa shape index (κ1) is 21.8. The van der Waals surface area contributed by atoms with Crippen molar-refractivity contribution in [1.82, 2.24) is 15.0 Å². The van der Waals surface area contributed by atoms with E-state index in [0.717, 1.165) is 7.11 Å². The van der Waals surface area contributed by atoms with E-state index in [1.165, 1.54) is 30.2 Å². The van der Waals surface area contributed by atoms with Gasteiger partial charge < -0.3 is 4.74 Å². The monoisotopic (exact) mass is 471 g/mol. The zero-order valence-electron chi connectivity index (χ0n) is 15.3. The van der Waals surface area contributed by atoms with Crippen molar-refractivity contribution in [3.63, 3.8) is 0 Å². The Bertz CT molecular complexity index is 1110. The van der Waals surface area contributed by atoms with Gasteiger partial charge in [-0.25, -0.2) is 15.0 Å². The molecule has 0 aliphatic carbocycles. The molecular formula is C18H15Cl2N3O4S2. The molecule has 0 aliphatic heterocycles. The Kier molecular flexibility index (Phi) is 6.97. The molecule has 0 spiro atoms. The Hall–Kier alpha value is -1.91. The molecule has 0 bridgehead atoms. The summed E-state index contributed by atoms with van der Waals surface area (Å²) in [5.41, 5.74) is 1.47. The highest BCUT2D eigenvalue weighted by molar-refractivity contribution is 7.98. The fraction of sp³-hybridized carbons (Fsp3) is 0.167. The van der Waals surface area contributed by atoms with E-state index in [1.807, 2.05) is 6.26 Å². The van der Waals surface area contributed by atoms with Gasteiger partial charge >= 0.3 is 0 Å². The number of halogens is 2. The number of thioether (sulfide) groups is 1. The van der Waals surface area contributed by atoms with Gasteiger partial charge in [-0.15, -0.1) is 0 Å². The van der Waals surface area contributed by atoms with Gasteiger partial charge in [0.2, 0.25) is 5.88 Å². The number of hydrogen-bond donors (Lipinski definition) is 0. The van der Waals surface area contributed by atoms with E-state index >= 15 is 0 Å². The second-order valence-electron chi connectivity index (χ2n) is 5.73. The zero-order valence-corrected chi connectivity index (χ0v) is 18.4. The van der Waals surface area contributed by atoms with Crippen LogP contribution >= 0.6 is 35.0 Å². The first-order chi connectivity index (χ1) is 13.8. The van der Waals surface area contributed by atoms with Gasteiger partial charge in [0, 0.05) is 21.7 Å². The van der Waals surface area contributed by atoms with Crippen LogP contribution in [0.5, 0.6) is 11.6 Å². The Balaban J connectivity index is 2.03. The van der Waals surface area contributed by atoms with Gasteiger partial charge in [-0.2, -0.15) is 8.42 Å². The van der Waals surface area contributed by atoms with Gasteiger partial charge in [0.05, 0.1) is 25.2 Å². The second-order valence-corrected chi connectivity index (χ2v) is 9.12. The maximum Gasteiger partial charge on any atom is 0.271 e. The molecule has 152 valence electrons. The first-order valence-corrected chi connectivity index (χ1v) is 11.6. The van der Waals surface area contributed by atoms with Crippen molar-refractivity contribution >= 4 is 45.1 Å². The lowest BCUT2D eigenvalue weighted by molar-refractivity contribution is 0.397. The molecule has 2 heterocycles. The minimum atomic E-state index is -3.75. The summed E-state index contributed by atoms with van der Waals surface area (Å²) in [6, 6.07) is 8.05. The highest BCUT2D eigenvalue weighted by atomic mass is 35.5. The Morgan fingerprint density at radius 1 is 1.03 bits per heavy atom. The van der Waals surface area contributed by atoms with E-state index in [2.05, 4.69) is 19.1 Å². The first-order valence-electron chi connectivity index (χ1n) is 8.07. The van der Waals surface area contributed by atoms with Gasteiger partial charge in [0.1, 0.15) is 5.75 Å². The quantitative estimate of drug-likeness (QED) is 0.274. The number of benzene rings is 1. The molecular weight excluding hydrogens is 457 g/mol. The van der Waals surface area contributed by atoms with Crippen LogP contribution in [-0.2, 0) is 20.1 Å². The molecule has 0 aliphatic rings. The van der Waals surface area contributed by atoms with Gasteiger partial charge in [-0.05, 0) is 36.1 Å². The summed E-state index contributed by atoms with van der Waals surface area (Å²) in [5, 5.41) is 1.44. The summed E-state index contributed by atoms with van der Waals surface area (Å²) in [7, 11) is -2.64. The number of ether oxygens (including phenoxy) is 1. The number of rotatable bonds is 7. The average molecular weight is 472 g/mol. The van der Waals surface area contributed by atoms with Crippen molar-refractivity contribution in [3.05, 3.63) is 58.3 Å². The van der Waals surface area contributed by atoms with E-state index in [9.17, 15) is 8.42 Å². The molecule has 0 fully saturated rings. The molecule has 7 nitrogen and oxygen atoms in total. The van der Waals surface area contributed by atoms with Crippen LogP contribution in [0.1, 0.15) is 5.56 Å². The summed E-state index contributed by atoms with van der Waals surface area (Å²) < 4.78 is 34.1. The molecule has 29 heavy (non-hydrogen) atoms. The van der Waals surface area contributed by atoms with Gasteiger partial charge in [0.15, 0.2) is 10.9 Å². The standard InChI is InChI=1S/C18H15Cl2N3O4S2/c1-26-29(24,25)10-11-3-16(12-5-13(19)7-14(20)6-12)23-17(4-11)27-15-8-21-18(28-2)22-9-15/h3-9H,10H2,1-2H3. The smallest absolute Gasteiger partial charge is 0.271 e. The van der Waals surface area contributed by atoms with Crippen molar-refractivity contribution in [2.45, 2.75) is 10.9 Å². The van der Waals surface area contributed by atoms with Crippen LogP contribution in [0.4, 0.5) is 0 Å². The fourth-order valence-electron chi connectivity index (χ4n) is 2.39. The van der Waals surface area contributed by atoms with Crippen LogP contribution in [-0.4, -0.2) is 36.7 Å². The highest BCUT2D eigenvalue weighted by Crippen LogP contribution is 2.30. The maximum absolute atomic E-state index is 11.9. The summed E-state index contributed by atoms with van der Waals surface area (Å²) in [6.07, 6.45) is 4.88. The number of hydrogen-bond acceptors (Lipinski definition) is 8. The lowest BCUT2D eigenvalue weighted by Gasteiger charge is -2.11. The largest absolute Gasteiger partial charge is 0.436 e. The lowest BCUT2D eigenvalue weighted by atomic mass is 10.1. The van der Waals surface area contributed by atoms with Gasteiger partial charge in [-0.1, -0.05) is 35.0 Å². The molecule has 0 atom stereocenters. The minimum absolute atomic E-state index is 0.167. The van der Waals surface area contributed by atoms with Crippen LogP contribution in [0, 0.1) is 0 Å². The number of nitrogens with zero attached hydrogens (tertiary/aromatic N) is 3. The van der Waals surface area contributed by atoms with Crippen LogP contribution in [0.3, 0.4) is 0 Å². The summed E-state index contributed by atoms with van der Waals surface area (Å²) in [6.45, 7) is 0. The van der Waals surface area contributed by atoms with Crippen molar-refractivity contribution < 1.29 is 17.3 Å². The third-order valence-electron chi connectivity index (χ3n) is 3.63. The van der Waals surface area contributed by atoms with Gasteiger partial charge in [0.25, 0.3) is 10.1 Å². The van der Waals surface area contributed by atoms with E-state index in [4.69, 9.17) is 27.9 Å². The maximum atomic E-state index is 11.9. The van der Waals surface area contributed by atoms with E-state index in [1.54, 1.807) is 24.3 Å². The van der Waals surface area contributed by atoms with Crippen LogP contribution in [0.15, 0.2) is 47.9 Å². The molecule has 0 saturated heterocycles. The zero-order chi connectivity index (χ0) is 21.0. The molecule has 0 saturated carbocycles. The van der Waals surface area contributed by atoms with Crippen molar-refractivity contribution in [3.8, 4) is 22.9 Å². The number of aromatic nitrogens is 3. The third-order valence-corrected chi connectivity index (χ3v) is 5.83. The van der Waals surface area contributed by atoms with Crippen LogP contribution in [0.2, 0.25) is 10.0 Å². The highest BCUT2D eigenvalue weighted by Gasteiger charge is 2.15. The average Bonchev–Trinajstić information content (AvgIpc) is 2.67. The summed E-state index contributed by atoms with van der Waals surface area (Å²) >= 11 is 13.6. The molecule has 0 unspecified atom stereocenters. The lowest BCUT2D eigenvalue weighted by Crippen LogP contribution is -2.06. The summed E-state index contributed by atoms with van der Waals surface area (Å²) in [5.74, 6) is 0.170. The normalized spacial score (nSPS) is 11.4. The molecule has 0 N–H and O–H groups in total. The Morgan fingerprint density at radius 2 is 1.69 bits per heavy atom. The molecule has 0 radical (unpaired) electrons. The fourth-order valence-corrected chi connectivity index (χ4v) is 3.93. The van der Waals surface area contributed by atoms with Crippen LogP contribution < -0.4 is 4.74 Å². The molecule has 2 aromatic heterocycles. The molecule has 0 amide bonds. The van der Waals surface area contributed by atoms with Crippen molar-refractivity contribution in [2.75, 3.05) is 13.4 Å². The molecule has 3 rings (SSSR count). The summed E-state index contributed by atoms with van der Waals surface area (Å²) in [4.78, 5) is 12.7. The SMILES string of the molecule is COS(=O)(=O)Cc1cc(Oc2cnc(SC)nc2)nc(-c2cc(Cl)cc(Cl)c2)c1. The minimum Gasteiger partial charge on any atom is -0.436 e. The van der Waals surface area contributed by atoms with Crippen LogP contribution in [0.25, 0.3) is 11.3 Å². The number of pyridine rings is 1. The Labute approximate surface area is 182 Å². The topological polar surface area (TPSA) is 91.3 Å². The predicted molar refractivity (Wildman–Crippen MR) is 113 cm³/mol. The molecule has 1 aromatic carbocycles. The van der Waals surface area contributed by atoms with E-state index in [-0.39, 0.29) is 11.6 Å². The van der Waals surface area contributed by atoms with Crippen molar-refractivity contribution in [2.24, 2.45) is 0 Å². The Morgan fingerprint density at radius 3 is 2.28 bits per heavy atom. The van der Waals surface area contributed by atoms with E-state index in [0.29, 0.717) is 37.8 Å². The van der Waals surface area contributed by atoms with E-state index < -0.39 is 10.1 Å². The second kappa shape index (κ2) is 9.27. The molecule has 3 aromatic rings. The van der Waals surface area contributed by atoms with Crippen molar-refractivity contribution in [1.29, 1.82) is 0 Å². The molecule has 11 heteroatoms. The van der Waals surface area contributed by atoms with Gasteiger partial charge in [-0.3, -0.25) is 4.18 Å². The third kappa shape index (κ3) is 6.03.